The summed E-state index contributed by atoms with van der Waals surface area (Å²) < 4.78 is 18.8. The number of likely N-dealkylation sites (N-methyl/N-ethyl adjacent to an activating group) is 1. The molecule has 0 spiro atoms. The van der Waals surface area contributed by atoms with Crippen molar-refractivity contribution in [2.45, 2.75) is 26.3 Å². The van der Waals surface area contributed by atoms with E-state index < -0.39 is 0 Å². The highest BCUT2D eigenvalue weighted by molar-refractivity contribution is 5.94. The van der Waals surface area contributed by atoms with Crippen LogP contribution in [0, 0.1) is 5.92 Å². The van der Waals surface area contributed by atoms with Gasteiger partial charge in [-0.25, -0.2) is 5.43 Å². The number of ether oxygens (including phenoxy) is 3. The molecule has 11 heteroatoms. The normalized spacial score (nSPS) is 17.1. The van der Waals surface area contributed by atoms with Gasteiger partial charge in [0.25, 0.3) is 5.91 Å². The molecule has 2 aliphatic rings. The monoisotopic (exact) mass is 477 g/mol. The number of fused-ring (bicyclic) bond motifs is 2. The maximum absolute atomic E-state index is 12.4. The van der Waals surface area contributed by atoms with Crippen LogP contribution in [0.3, 0.4) is 0 Å². The summed E-state index contributed by atoms with van der Waals surface area (Å²) in [6, 6.07) is 8.80. The van der Waals surface area contributed by atoms with Crippen molar-refractivity contribution in [1.29, 1.82) is 0 Å². The maximum Gasteiger partial charge on any atom is 0.271 e. The zero-order valence-electron chi connectivity index (χ0n) is 20.1. The lowest BCUT2D eigenvalue weighted by molar-refractivity contribution is 0.0955. The minimum atomic E-state index is -0.285. The number of hydrazone groups is 1. The number of hydrogen-bond donors (Lipinski definition) is 1. The molecule has 2 aromatic carbocycles. The quantitative estimate of drug-likeness (QED) is 0.425. The van der Waals surface area contributed by atoms with E-state index in [4.69, 9.17) is 14.2 Å². The summed E-state index contributed by atoms with van der Waals surface area (Å²) in [4.78, 5) is 14.6. The van der Waals surface area contributed by atoms with E-state index in [9.17, 15) is 4.79 Å². The van der Waals surface area contributed by atoms with Gasteiger partial charge >= 0.3 is 0 Å². The van der Waals surface area contributed by atoms with Crippen molar-refractivity contribution in [3.63, 3.8) is 0 Å². The Kier molecular flexibility index (Phi) is 6.08. The van der Waals surface area contributed by atoms with Crippen LogP contribution < -0.4 is 19.6 Å². The number of nitrogens with zero attached hydrogens (tertiary/aromatic N) is 6. The first-order chi connectivity index (χ1) is 17.0. The van der Waals surface area contributed by atoms with Gasteiger partial charge in [0.2, 0.25) is 12.5 Å². The molecule has 0 unspecified atom stereocenters. The molecule has 35 heavy (non-hydrogen) atoms. The third kappa shape index (κ3) is 4.18. The fourth-order valence-electron chi connectivity index (χ4n) is 4.37. The summed E-state index contributed by atoms with van der Waals surface area (Å²) in [6.07, 6.45) is 2.51. The molecule has 2 aliphatic heterocycles. The average Bonchev–Trinajstić information content (AvgIpc) is 3.52. The highest BCUT2D eigenvalue weighted by Crippen LogP contribution is 2.50. The summed E-state index contributed by atoms with van der Waals surface area (Å²) in [5.41, 5.74) is 5.82. The van der Waals surface area contributed by atoms with Gasteiger partial charge in [-0.05, 0) is 65.7 Å². The van der Waals surface area contributed by atoms with Crippen LogP contribution in [0.2, 0.25) is 0 Å². The molecular formula is C24H27N7O4. The number of hydrogen-bond acceptors (Lipinski definition) is 9. The van der Waals surface area contributed by atoms with E-state index in [2.05, 4.69) is 31.0 Å². The Morgan fingerprint density at radius 3 is 2.83 bits per heavy atom. The zero-order chi connectivity index (χ0) is 24.5. The van der Waals surface area contributed by atoms with Crippen molar-refractivity contribution in [2.75, 3.05) is 27.5 Å². The van der Waals surface area contributed by atoms with Gasteiger partial charge in [-0.2, -0.15) is 9.78 Å². The van der Waals surface area contributed by atoms with Crippen LogP contribution in [0.4, 0.5) is 0 Å². The minimum Gasteiger partial charge on any atom is -0.492 e. The predicted octanol–water partition coefficient (Wildman–Crippen LogP) is 2.35. The van der Waals surface area contributed by atoms with E-state index in [1.807, 2.05) is 39.1 Å². The number of tetrazole rings is 1. The molecular weight excluding hydrogens is 450 g/mol. The molecule has 0 saturated heterocycles. The number of rotatable bonds is 6. The molecule has 3 aromatic rings. The van der Waals surface area contributed by atoms with Crippen LogP contribution in [0.15, 0.2) is 35.4 Å². The Morgan fingerprint density at radius 2 is 2.09 bits per heavy atom. The van der Waals surface area contributed by atoms with Crippen molar-refractivity contribution >= 4 is 12.1 Å². The number of methoxy groups -OCH3 is 1. The molecule has 0 fully saturated rings. The Hall–Kier alpha value is -3.99. The van der Waals surface area contributed by atoms with Crippen molar-refractivity contribution in [3.8, 4) is 22.9 Å². The number of carbonyl (C=O) groups excluding carboxylic acids is 1. The standard InChI is InChI=1S/C24H27N7O4/c1-14(2)12-25-27-24(32)15-5-7-17(8-6-15)31-23(26-28-29-31)20-19-16(9-10-30(20)3)11-18-21(22(19)33-4)35-13-34-18/h5-8,11-12,14,20H,9-10,13H2,1-4H3,(H,27,32)/b25-12-/t20-/m0/s1. The third-order valence-electron chi connectivity index (χ3n) is 6.05. The molecule has 1 aromatic heterocycles. The van der Waals surface area contributed by atoms with Crippen molar-refractivity contribution in [2.24, 2.45) is 11.0 Å². The van der Waals surface area contributed by atoms with Crippen LogP contribution in [-0.4, -0.2) is 64.7 Å². The first-order valence-electron chi connectivity index (χ1n) is 11.4. The highest BCUT2D eigenvalue weighted by atomic mass is 16.7. The molecule has 182 valence electrons. The number of carbonyl (C=O) groups is 1. The van der Waals surface area contributed by atoms with E-state index >= 15 is 0 Å². The van der Waals surface area contributed by atoms with Crippen molar-refractivity contribution in [1.82, 2.24) is 30.5 Å². The Morgan fingerprint density at radius 1 is 1.29 bits per heavy atom. The Balaban J connectivity index is 1.49. The second-order valence-electron chi connectivity index (χ2n) is 8.81. The molecule has 5 rings (SSSR count). The van der Waals surface area contributed by atoms with Gasteiger partial charge in [0.15, 0.2) is 17.3 Å². The molecule has 1 N–H and O–H groups in total. The van der Waals surface area contributed by atoms with Gasteiger partial charge in [0.1, 0.15) is 6.04 Å². The second kappa shape index (κ2) is 9.34. The van der Waals surface area contributed by atoms with Crippen LogP contribution in [0.1, 0.15) is 47.2 Å². The van der Waals surface area contributed by atoms with Gasteiger partial charge in [-0.1, -0.05) is 13.8 Å². The lowest BCUT2D eigenvalue weighted by atomic mass is 9.90. The summed E-state index contributed by atoms with van der Waals surface area (Å²) in [7, 11) is 3.66. The van der Waals surface area contributed by atoms with Gasteiger partial charge in [-0.15, -0.1) is 5.10 Å². The molecule has 0 radical (unpaired) electrons. The van der Waals surface area contributed by atoms with Crippen LogP contribution in [0.25, 0.3) is 5.69 Å². The minimum absolute atomic E-state index is 0.162. The van der Waals surface area contributed by atoms with E-state index in [-0.39, 0.29) is 24.7 Å². The number of benzene rings is 2. The van der Waals surface area contributed by atoms with Gasteiger partial charge in [0, 0.05) is 23.9 Å². The molecule has 0 bridgehead atoms. The van der Waals surface area contributed by atoms with E-state index in [1.54, 1.807) is 30.1 Å². The third-order valence-corrected chi connectivity index (χ3v) is 6.05. The van der Waals surface area contributed by atoms with Gasteiger partial charge in [0.05, 0.1) is 12.8 Å². The molecule has 11 nitrogen and oxygen atoms in total. The van der Waals surface area contributed by atoms with Gasteiger partial charge < -0.3 is 14.2 Å². The lowest BCUT2D eigenvalue weighted by Crippen LogP contribution is -2.35. The molecule has 1 atom stereocenters. The summed E-state index contributed by atoms with van der Waals surface area (Å²) in [6.45, 7) is 4.94. The number of aromatic nitrogens is 4. The van der Waals surface area contributed by atoms with E-state index in [0.717, 1.165) is 29.8 Å². The maximum atomic E-state index is 12.4. The summed E-state index contributed by atoms with van der Waals surface area (Å²) >= 11 is 0. The molecule has 3 heterocycles. The van der Waals surface area contributed by atoms with Gasteiger partial charge in [-0.3, -0.25) is 9.69 Å². The first-order valence-corrected chi connectivity index (χ1v) is 11.4. The highest BCUT2D eigenvalue weighted by Gasteiger charge is 2.37. The molecule has 1 amide bonds. The molecule has 0 saturated carbocycles. The lowest BCUT2D eigenvalue weighted by Gasteiger charge is -2.34. The zero-order valence-corrected chi connectivity index (χ0v) is 20.1. The van der Waals surface area contributed by atoms with Crippen LogP contribution in [-0.2, 0) is 6.42 Å². The fraction of sp³-hybridized carbons (Fsp3) is 0.375. The van der Waals surface area contributed by atoms with Crippen molar-refractivity contribution in [3.05, 3.63) is 52.8 Å². The number of amides is 1. The summed E-state index contributed by atoms with van der Waals surface area (Å²) in [5, 5.41) is 16.6. The Labute approximate surface area is 202 Å². The van der Waals surface area contributed by atoms with Crippen molar-refractivity contribution < 1.29 is 19.0 Å². The smallest absolute Gasteiger partial charge is 0.271 e. The first kappa shape index (κ1) is 22.8. The van der Waals surface area contributed by atoms with E-state index in [1.165, 1.54) is 0 Å². The predicted molar refractivity (Wildman–Crippen MR) is 127 cm³/mol. The fourth-order valence-corrected chi connectivity index (χ4v) is 4.37. The van der Waals surface area contributed by atoms with Crippen LogP contribution >= 0.6 is 0 Å². The summed E-state index contributed by atoms with van der Waals surface area (Å²) in [5.74, 6) is 2.51. The Bertz CT molecular complexity index is 1270. The topological polar surface area (TPSA) is 116 Å². The average molecular weight is 478 g/mol. The SMILES string of the molecule is COc1c2c(cc3c1[C@@H](c1nnnn1-c1ccc(C(=O)N/N=C\C(C)C)cc1)N(C)CC3)OCO2. The molecule has 0 aliphatic carbocycles. The van der Waals surface area contributed by atoms with Crippen LogP contribution in [0.5, 0.6) is 17.2 Å². The largest absolute Gasteiger partial charge is 0.492 e. The number of nitrogens with one attached hydrogen (secondary N) is 1. The van der Waals surface area contributed by atoms with E-state index in [0.29, 0.717) is 28.6 Å². The second-order valence-corrected chi connectivity index (χ2v) is 8.81.